The summed E-state index contributed by atoms with van der Waals surface area (Å²) in [7, 11) is 0. The fraction of sp³-hybridized carbons (Fsp3) is 0.750. The maximum Gasteiger partial charge on any atom is 0.330 e. The molecule has 1 unspecified atom stereocenters. The number of carbonyl (C=O) groups is 1. The van der Waals surface area contributed by atoms with Crippen molar-refractivity contribution in [2.45, 2.75) is 34.1 Å². The molecule has 0 aromatic carbocycles. The molecule has 0 spiro atoms. The van der Waals surface area contributed by atoms with Crippen LogP contribution in [0, 0.1) is 11.3 Å². The number of carboxylic acids is 1. The predicted octanol–water partition coefficient (Wildman–Crippen LogP) is 3.43. The number of hydrogen-bond donors (Lipinski definition) is 1. The van der Waals surface area contributed by atoms with Crippen LogP contribution in [0.15, 0.2) is 12.2 Å². The first-order valence-electron chi connectivity index (χ1n) is 5.21. The van der Waals surface area contributed by atoms with E-state index in [4.69, 9.17) is 5.11 Å². The Morgan fingerprint density at radius 2 is 2.00 bits per heavy atom. The van der Waals surface area contributed by atoms with E-state index in [0.29, 0.717) is 5.41 Å². The van der Waals surface area contributed by atoms with Gasteiger partial charge in [0, 0.05) is 5.57 Å². The van der Waals surface area contributed by atoms with E-state index in [0.717, 1.165) is 5.92 Å². The molecule has 1 heterocycles. The molecule has 3 heteroatoms. The second kappa shape index (κ2) is 6.21. The Labute approximate surface area is 97.1 Å². The third-order valence-corrected chi connectivity index (χ3v) is 3.95. The minimum atomic E-state index is -0.935. The minimum Gasteiger partial charge on any atom is -0.478 e. The lowest BCUT2D eigenvalue weighted by atomic mass is 9.85. The summed E-state index contributed by atoms with van der Waals surface area (Å²) in [6.45, 7) is 11.7. The SMILES string of the molecule is C=C(C)C(=O)O.CC1CSCC(C)(C)C1. The van der Waals surface area contributed by atoms with Crippen LogP contribution in [0.4, 0.5) is 0 Å². The van der Waals surface area contributed by atoms with Gasteiger partial charge in [0.05, 0.1) is 0 Å². The second-order valence-corrected chi connectivity index (χ2v) is 6.10. The Balaban J connectivity index is 0.000000288. The number of hydrogen-bond acceptors (Lipinski definition) is 2. The smallest absolute Gasteiger partial charge is 0.330 e. The van der Waals surface area contributed by atoms with E-state index in [1.54, 1.807) is 0 Å². The van der Waals surface area contributed by atoms with Gasteiger partial charge in [-0.15, -0.1) is 0 Å². The van der Waals surface area contributed by atoms with Crippen molar-refractivity contribution >= 4 is 17.7 Å². The van der Waals surface area contributed by atoms with E-state index in [1.807, 2.05) is 0 Å². The van der Waals surface area contributed by atoms with Gasteiger partial charge in [0.2, 0.25) is 0 Å². The van der Waals surface area contributed by atoms with Gasteiger partial charge in [0.15, 0.2) is 0 Å². The quantitative estimate of drug-likeness (QED) is 0.701. The van der Waals surface area contributed by atoms with Gasteiger partial charge in [-0.3, -0.25) is 0 Å². The lowest BCUT2D eigenvalue weighted by molar-refractivity contribution is -0.132. The Kier molecular flexibility index (Phi) is 6.03. The third kappa shape index (κ3) is 7.48. The molecule has 2 nitrogen and oxygen atoms in total. The van der Waals surface area contributed by atoms with Crippen LogP contribution in [0.5, 0.6) is 0 Å². The third-order valence-electron chi connectivity index (χ3n) is 2.16. The average Bonchev–Trinajstić information content (AvgIpc) is 2.02. The molecule has 1 rings (SSSR count). The van der Waals surface area contributed by atoms with E-state index in [1.165, 1.54) is 24.9 Å². The fourth-order valence-corrected chi connectivity index (χ4v) is 2.91. The van der Waals surface area contributed by atoms with Crippen molar-refractivity contribution in [1.82, 2.24) is 0 Å². The molecular weight excluding hydrogens is 208 g/mol. The maximum atomic E-state index is 9.60. The van der Waals surface area contributed by atoms with Gasteiger partial charge >= 0.3 is 5.97 Å². The summed E-state index contributed by atoms with van der Waals surface area (Å²) in [5.74, 6) is 2.74. The van der Waals surface area contributed by atoms with Crippen LogP contribution in [0.1, 0.15) is 34.1 Å². The van der Waals surface area contributed by atoms with Gasteiger partial charge < -0.3 is 5.11 Å². The maximum absolute atomic E-state index is 9.60. The first-order valence-corrected chi connectivity index (χ1v) is 6.36. The van der Waals surface area contributed by atoms with Crippen molar-refractivity contribution in [3.63, 3.8) is 0 Å². The van der Waals surface area contributed by atoms with E-state index in [2.05, 4.69) is 39.1 Å². The molecule has 0 aliphatic carbocycles. The fourth-order valence-electron chi connectivity index (χ4n) is 1.60. The molecule has 1 aliphatic heterocycles. The molecular formula is C12H22O2S. The van der Waals surface area contributed by atoms with Crippen LogP contribution in [0.2, 0.25) is 0 Å². The van der Waals surface area contributed by atoms with Gasteiger partial charge in [-0.25, -0.2) is 4.79 Å². The summed E-state index contributed by atoms with van der Waals surface area (Å²) in [5, 5.41) is 7.89. The van der Waals surface area contributed by atoms with Crippen molar-refractivity contribution in [3.05, 3.63) is 12.2 Å². The first kappa shape index (κ1) is 14.6. The predicted molar refractivity (Wildman–Crippen MR) is 67.3 cm³/mol. The number of thioether (sulfide) groups is 1. The molecule has 0 aromatic heterocycles. The summed E-state index contributed by atoms with van der Waals surface area (Å²) in [6, 6.07) is 0. The van der Waals surface area contributed by atoms with E-state index in [-0.39, 0.29) is 5.57 Å². The van der Waals surface area contributed by atoms with E-state index in [9.17, 15) is 4.79 Å². The summed E-state index contributed by atoms with van der Waals surface area (Å²) in [6.07, 6.45) is 1.42. The monoisotopic (exact) mass is 230 g/mol. The normalized spacial score (nSPS) is 23.6. The topological polar surface area (TPSA) is 37.3 Å². The second-order valence-electron chi connectivity index (χ2n) is 5.07. The van der Waals surface area contributed by atoms with Crippen LogP contribution in [0.25, 0.3) is 0 Å². The lowest BCUT2D eigenvalue weighted by Crippen LogP contribution is -2.24. The molecule has 0 bridgehead atoms. The van der Waals surface area contributed by atoms with Crippen LogP contribution < -0.4 is 0 Å². The zero-order chi connectivity index (χ0) is 12.1. The van der Waals surface area contributed by atoms with Gasteiger partial charge in [-0.2, -0.15) is 11.8 Å². The summed E-state index contributed by atoms with van der Waals surface area (Å²) >= 11 is 2.11. The van der Waals surface area contributed by atoms with Gasteiger partial charge in [0.25, 0.3) is 0 Å². The Morgan fingerprint density at radius 3 is 2.20 bits per heavy atom. The highest BCUT2D eigenvalue weighted by Crippen LogP contribution is 2.36. The molecule has 1 fully saturated rings. The molecule has 0 saturated carbocycles. The number of rotatable bonds is 1. The molecule has 0 radical (unpaired) electrons. The highest BCUT2D eigenvalue weighted by atomic mass is 32.2. The first-order chi connectivity index (χ1) is 6.74. The standard InChI is InChI=1S/C8H16S.C4H6O2/c1-7-4-8(2,3)6-9-5-7;1-3(2)4(5)6/h7H,4-6H2,1-3H3;1H2,2H3,(H,5,6). The van der Waals surface area contributed by atoms with Gasteiger partial charge in [-0.1, -0.05) is 27.4 Å². The lowest BCUT2D eigenvalue weighted by Gasteiger charge is -2.32. The van der Waals surface area contributed by atoms with Crippen LogP contribution in [0.3, 0.4) is 0 Å². The van der Waals surface area contributed by atoms with Gasteiger partial charge in [-0.05, 0) is 36.2 Å². The summed E-state index contributed by atoms with van der Waals surface area (Å²) < 4.78 is 0. The van der Waals surface area contributed by atoms with Crippen molar-refractivity contribution in [1.29, 1.82) is 0 Å². The number of aliphatic carboxylic acids is 1. The average molecular weight is 230 g/mol. The zero-order valence-electron chi connectivity index (χ0n) is 10.2. The molecule has 1 saturated heterocycles. The van der Waals surface area contributed by atoms with E-state index < -0.39 is 5.97 Å². The van der Waals surface area contributed by atoms with Crippen LogP contribution >= 0.6 is 11.8 Å². The Hall–Kier alpha value is -0.440. The highest BCUT2D eigenvalue weighted by molar-refractivity contribution is 7.99. The Bertz CT molecular complexity index is 222. The largest absolute Gasteiger partial charge is 0.478 e. The van der Waals surface area contributed by atoms with Crippen LogP contribution in [-0.2, 0) is 4.79 Å². The molecule has 15 heavy (non-hydrogen) atoms. The van der Waals surface area contributed by atoms with Crippen LogP contribution in [-0.4, -0.2) is 22.6 Å². The zero-order valence-corrected chi connectivity index (χ0v) is 11.0. The van der Waals surface area contributed by atoms with Gasteiger partial charge in [0.1, 0.15) is 0 Å². The molecule has 88 valence electrons. The molecule has 0 amide bonds. The molecule has 0 aromatic rings. The van der Waals surface area contributed by atoms with Crippen molar-refractivity contribution < 1.29 is 9.90 Å². The van der Waals surface area contributed by atoms with Crippen molar-refractivity contribution in [3.8, 4) is 0 Å². The number of carboxylic acid groups (broad SMARTS) is 1. The molecule has 1 N–H and O–H groups in total. The highest BCUT2D eigenvalue weighted by Gasteiger charge is 2.25. The molecule has 1 aliphatic rings. The summed E-state index contributed by atoms with van der Waals surface area (Å²) in [4.78, 5) is 9.60. The summed E-state index contributed by atoms with van der Waals surface area (Å²) in [5.41, 5.74) is 0.789. The van der Waals surface area contributed by atoms with Crippen molar-refractivity contribution in [2.75, 3.05) is 11.5 Å². The Morgan fingerprint density at radius 1 is 1.53 bits per heavy atom. The molecule has 1 atom stereocenters. The minimum absolute atomic E-state index is 0.176. The van der Waals surface area contributed by atoms with Crippen molar-refractivity contribution in [2.24, 2.45) is 11.3 Å². The van der Waals surface area contributed by atoms with E-state index >= 15 is 0 Å².